The largest absolute Gasteiger partial charge is 0.497 e. The molecule has 1 amide bonds. The van der Waals surface area contributed by atoms with Gasteiger partial charge in [0, 0.05) is 24.0 Å². The number of aryl methyl sites for hydroxylation is 1. The highest BCUT2D eigenvalue weighted by Crippen LogP contribution is 2.41. The zero-order valence-corrected chi connectivity index (χ0v) is 16.7. The van der Waals surface area contributed by atoms with Crippen molar-refractivity contribution in [3.8, 4) is 17.3 Å². The standard InChI is InChI=1S/C20H19N7O3/c1-11-19-15(12-6-13(29-2)8-14(7-12)30-3)9-18(28)22-20(19)27(24-11)17-5-4-16-23-21-10-26(16)25-17/h4-8,10,15H,9H2,1-3H3,(H,22,28)/t15-/m1/s1. The molecule has 0 unspecified atom stereocenters. The molecule has 1 atom stereocenters. The van der Waals surface area contributed by atoms with Gasteiger partial charge in [-0.2, -0.15) is 14.3 Å². The Labute approximate surface area is 171 Å². The number of hydrogen-bond donors (Lipinski definition) is 1. The number of amides is 1. The molecule has 0 spiro atoms. The average Bonchev–Trinajstić information content (AvgIpc) is 3.36. The van der Waals surface area contributed by atoms with Crippen LogP contribution in [-0.4, -0.2) is 49.7 Å². The number of anilines is 1. The maximum absolute atomic E-state index is 12.6. The maximum atomic E-state index is 12.6. The van der Waals surface area contributed by atoms with Gasteiger partial charge in [-0.15, -0.1) is 15.3 Å². The zero-order chi connectivity index (χ0) is 20.8. The first-order valence-corrected chi connectivity index (χ1v) is 9.37. The number of ether oxygens (including phenoxy) is 2. The molecule has 152 valence electrons. The van der Waals surface area contributed by atoms with Crippen molar-refractivity contribution in [1.29, 1.82) is 0 Å². The Morgan fingerprint density at radius 2 is 1.87 bits per heavy atom. The fourth-order valence-electron chi connectivity index (χ4n) is 3.86. The van der Waals surface area contributed by atoms with Gasteiger partial charge in [0.25, 0.3) is 0 Å². The van der Waals surface area contributed by atoms with Crippen LogP contribution in [0.25, 0.3) is 11.5 Å². The van der Waals surface area contributed by atoms with Gasteiger partial charge in [-0.1, -0.05) is 0 Å². The first kappa shape index (κ1) is 18.1. The van der Waals surface area contributed by atoms with E-state index in [0.717, 1.165) is 16.8 Å². The lowest BCUT2D eigenvalue weighted by Gasteiger charge is -2.25. The summed E-state index contributed by atoms with van der Waals surface area (Å²) in [6.45, 7) is 1.93. The summed E-state index contributed by atoms with van der Waals surface area (Å²) in [5.74, 6) is 2.21. The van der Waals surface area contributed by atoms with E-state index in [2.05, 4.69) is 25.7 Å². The molecule has 1 N–H and O–H groups in total. The van der Waals surface area contributed by atoms with Crippen molar-refractivity contribution in [3.05, 3.63) is 53.5 Å². The number of methoxy groups -OCH3 is 2. The monoisotopic (exact) mass is 405 g/mol. The van der Waals surface area contributed by atoms with Crippen molar-refractivity contribution in [2.24, 2.45) is 0 Å². The van der Waals surface area contributed by atoms with E-state index < -0.39 is 0 Å². The van der Waals surface area contributed by atoms with Gasteiger partial charge in [0.15, 0.2) is 11.5 Å². The van der Waals surface area contributed by atoms with Crippen molar-refractivity contribution >= 4 is 17.4 Å². The highest BCUT2D eigenvalue weighted by Gasteiger charge is 2.33. The molecule has 10 nitrogen and oxygen atoms in total. The summed E-state index contributed by atoms with van der Waals surface area (Å²) in [5, 5.41) is 20.0. The number of fused-ring (bicyclic) bond motifs is 2. The van der Waals surface area contributed by atoms with E-state index in [0.29, 0.717) is 35.2 Å². The quantitative estimate of drug-likeness (QED) is 0.554. The van der Waals surface area contributed by atoms with E-state index in [-0.39, 0.29) is 11.8 Å². The highest BCUT2D eigenvalue weighted by molar-refractivity contribution is 5.95. The molecule has 4 heterocycles. The third-order valence-electron chi connectivity index (χ3n) is 5.24. The van der Waals surface area contributed by atoms with E-state index in [1.807, 2.05) is 25.1 Å². The van der Waals surface area contributed by atoms with Crippen LogP contribution >= 0.6 is 0 Å². The number of nitrogens with zero attached hydrogens (tertiary/aromatic N) is 6. The number of rotatable bonds is 4. The van der Waals surface area contributed by atoms with Gasteiger partial charge in [-0.3, -0.25) is 4.79 Å². The van der Waals surface area contributed by atoms with E-state index in [1.165, 1.54) is 6.33 Å². The van der Waals surface area contributed by atoms with Crippen LogP contribution in [0.2, 0.25) is 0 Å². The van der Waals surface area contributed by atoms with Crippen molar-refractivity contribution in [2.45, 2.75) is 19.3 Å². The van der Waals surface area contributed by atoms with Gasteiger partial charge in [-0.25, -0.2) is 0 Å². The Morgan fingerprint density at radius 1 is 1.10 bits per heavy atom. The Hall–Kier alpha value is -3.95. The normalized spacial score (nSPS) is 15.7. The van der Waals surface area contributed by atoms with Crippen LogP contribution in [0.5, 0.6) is 11.5 Å². The second-order valence-electron chi connectivity index (χ2n) is 7.04. The molecule has 4 aromatic rings. The van der Waals surface area contributed by atoms with Crippen molar-refractivity contribution < 1.29 is 14.3 Å². The van der Waals surface area contributed by atoms with E-state index >= 15 is 0 Å². The number of aromatic nitrogens is 6. The summed E-state index contributed by atoms with van der Waals surface area (Å²) in [4.78, 5) is 12.6. The van der Waals surface area contributed by atoms with Crippen LogP contribution in [0.15, 0.2) is 36.7 Å². The molecular formula is C20H19N7O3. The summed E-state index contributed by atoms with van der Waals surface area (Å²) in [6.07, 6.45) is 1.82. The maximum Gasteiger partial charge on any atom is 0.226 e. The number of benzene rings is 1. The predicted molar refractivity (Wildman–Crippen MR) is 107 cm³/mol. The number of carbonyl (C=O) groups excluding carboxylic acids is 1. The summed E-state index contributed by atoms with van der Waals surface area (Å²) >= 11 is 0. The van der Waals surface area contributed by atoms with Gasteiger partial charge in [0.1, 0.15) is 23.6 Å². The number of hydrogen-bond acceptors (Lipinski definition) is 7. The minimum Gasteiger partial charge on any atom is -0.497 e. The van der Waals surface area contributed by atoms with E-state index in [9.17, 15) is 4.79 Å². The van der Waals surface area contributed by atoms with Crippen LogP contribution in [0, 0.1) is 6.92 Å². The molecule has 0 bridgehead atoms. The summed E-state index contributed by atoms with van der Waals surface area (Å²) < 4.78 is 14.0. The van der Waals surface area contributed by atoms with E-state index in [1.54, 1.807) is 35.5 Å². The van der Waals surface area contributed by atoms with Gasteiger partial charge in [-0.05, 0) is 36.8 Å². The molecular weight excluding hydrogens is 386 g/mol. The van der Waals surface area contributed by atoms with Crippen LogP contribution < -0.4 is 14.8 Å². The summed E-state index contributed by atoms with van der Waals surface area (Å²) in [6, 6.07) is 9.25. The Kier molecular flexibility index (Phi) is 4.12. The molecule has 1 aliphatic rings. The molecule has 0 radical (unpaired) electrons. The number of carbonyl (C=O) groups is 1. The van der Waals surface area contributed by atoms with Crippen molar-refractivity contribution in [3.63, 3.8) is 0 Å². The van der Waals surface area contributed by atoms with Crippen molar-refractivity contribution in [2.75, 3.05) is 19.5 Å². The van der Waals surface area contributed by atoms with Gasteiger partial charge < -0.3 is 14.8 Å². The second-order valence-corrected chi connectivity index (χ2v) is 7.04. The van der Waals surface area contributed by atoms with Gasteiger partial charge in [0.2, 0.25) is 5.91 Å². The molecule has 30 heavy (non-hydrogen) atoms. The molecule has 1 aromatic carbocycles. The first-order chi connectivity index (χ1) is 14.6. The minimum atomic E-state index is -0.190. The van der Waals surface area contributed by atoms with Gasteiger partial charge in [0.05, 0.1) is 19.9 Å². The molecule has 3 aromatic heterocycles. The lowest BCUT2D eigenvalue weighted by Crippen LogP contribution is -2.25. The SMILES string of the molecule is COc1cc(OC)cc([C@H]2CC(=O)Nc3c2c(C)nn3-c2ccc3nncn3n2)c1. The van der Waals surface area contributed by atoms with Crippen molar-refractivity contribution in [1.82, 2.24) is 29.6 Å². The Morgan fingerprint density at radius 3 is 2.60 bits per heavy atom. The first-order valence-electron chi connectivity index (χ1n) is 9.37. The lowest BCUT2D eigenvalue weighted by molar-refractivity contribution is -0.116. The fraction of sp³-hybridized carbons (Fsp3) is 0.250. The fourth-order valence-corrected chi connectivity index (χ4v) is 3.86. The highest BCUT2D eigenvalue weighted by atomic mass is 16.5. The van der Waals surface area contributed by atoms with E-state index in [4.69, 9.17) is 9.47 Å². The lowest BCUT2D eigenvalue weighted by atomic mass is 9.85. The molecule has 0 fully saturated rings. The third-order valence-corrected chi connectivity index (χ3v) is 5.24. The molecule has 1 aliphatic heterocycles. The Bertz CT molecular complexity index is 1250. The molecule has 10 heteroatoms. The predicted octanol–water partition coefficient (Wildman–Crippen LogP) is 2.11. The zero-order valence-electron chi connectivity index (χ0n) is 16.7. The molecule has 0 saturated heterocycles. The molecule has 0 aliphatic carbocycles. The van der Waals surface area contributed by atoms with Crippen LogP contribution in [-0.2, 0) is 4.79 Å². The summed E-state index contributed by atoms with van der Waals surface area (Å²) in [7, 11) is 3.21. The Balaban J connectivity index is 1.66. The van der Waals surface area contributed by atoms with Crippen LogP contribution in [0.1, 0.15) is 29.2 Å². The average molecular weight is 405 g/mol. The second kappa shape index (κ2) is 6.83. The molecule has 0 saturated carbocycles. The summed E-state index contributed by atoms with van der Waals surface area (Å²) in [5.41, 5.74) is 3.30. The minimum absolute atomic E-state index is 0.0965. The van der Waals surface area contributed by atoms with Crippen LogP contribution in [0.3, 0.4) is 0 Å². The third kappa shape index (κ3) is 2.84. The van der Waals surface area contributed by atoms with Gasteiger partial charge >= 0.3 is 0 Å². The molecule has 5 rings (SSSR count). The topological polar surface area (TPSA) is 108 Å². The smallest absolute Gasteiger partial charge is 0.226 e. The van der Waals surface area contributed by atoms with Crippen LogP contribution in [0.4, 0.5) is 5.82 Å². The number of nitrogens with one attached hydrogen (secondary N) is 1.